The Kier molecular flexibility index (Phi) is 2.40. The third kappa shape index (κ3) is 1.52. The van der Waals surface area contributed by atoms with Crippen LogP contribution in [0.25, 0.3) is 0 Å². The molecule has 2 atom stereocenters. The number of hydrogen-bond donors (Lipinski definition) is 0. The molecule has 1 saturated heterocycles. The summed E-state index contributed by atoms with van der Waals surface area (Å²) in [5.74, 6) is 2.15. The zero-order chi connectivity index (χ0) is 8.55. The number of nitrogens with zero attached hydrogens (tertiary/aromatic N) is 1. The Bertz CT molecular complexity index is 153. The predicted molar refractivity (Wildman–Crippen MR) is 52.2 cm³/mol. The molecule has 0 amide bonds. The van der Waals surface area contributed by atoms with E-state index in [0.717, 1.165) is 17.9 Å². The zero-order valence-electron chi connectivity index (χ0n) is 8.42. The van der Waals surface area contributed by atoms with Crippen molar-refractivity contribution in [2.75, 3.05) is 13.1 Å². The summed E-state index contributed by atoms with van der Waals surface area (Å²) in [7, 11) is 0. The van der Waals surface area contributed by atoms with Gasteiger partial charge in [0, 0.05) is 12.6 Å². The van der Waals surface area contributed by atoms with Gasteiger partial charge in [0.2, 0.25) is 0 Å². The minimum absolute atomic E-state index is 0.770. The lowest BCUT2D eigenvalue weighted by molar-refractivity contribution is 0.110. The zero-order valence-corrected chi connectivity index (χ0v) is 8.42. The Hall–Kier alpha value is -0.0400. The van der Waals surface area contributed by atoms with E-state index in [1.807, 2.05) is 0 Å². The summed E-state index contributed by atoms with van der Waals surface area (Å²) in [4.78, 5) is 2.66. The molecule has 1 aliphatic carbocycles. The molecule has 1 saturated carbocycles. The van der Waals surface area contributed by atoms with Gasteiger partial charge in [-0.05, 0) is 45.1 Å². The number of likely N-dealkylation sites (tertiary alicyclic amines) is 1. The van der Waals surface area contributed by atoms with Gasteiger partial charge in [0.05, 0.1) is 0 Å². The summed E-state index contributed by atoms with van der Waals surface area (Å²) in [5.41, 5.74) is 0. The topological polar surface area (TPSA) is 3.24 Å². The fourth-order valence-electron chi connectivity index (χ4n) is 2.93. The van der Waals surface area contributed by atoms with E-state index in [1.54, 1.807) is 0 Å². The van der Waals surface area contributed by atoms with Crippen molar-refractivity contribution in [1.82, 2.24) is 4.90 Å². The molecule has 0 unspecified atom stereocenters. The summed E-state index contributed by atoms with van der Waals surface area (Å²) in [6, 6.07) is 0.770. The van der Waals surface area contributed by atoms with E-state index in [0.29, 0.717) is 0 Å². The van der Waals surface area contributed by atoms with Crippen LogP contribution in [0.1, 0.15) is 39.5 Å². The van der Waals surface area contributed by atoms with Crippen LogP contribution < -0.4 is 0 Å². The van der Waals surface area contributed by atoms with E-state index in [4.69, 9.17) is 0 Å². The highest BCUT2D eigenvalue weighted by Crippen LogP contribution is 2.37. The average molecular weight is 167 g/mol. The minimum atomic E-state index is 0.770. The van der Waals surface area contributed by atoms with E-state index < -0.39 is 0 Å². The fraction of sp³-hybridized carbons (Fsp3) is 1.00. The third-order valence-corrected chi connectivity index (χ3v) is 3.80. The lowest BCUT2D eigenvalue weighted by Gasteiger charge is -2.37. The van der Waals surface area contributed by atoms with E-state index in [2.05, 4.69) is 18.7 Å². The van der Waals surface area contributed by atoms with Gasteiger partial charge in [0.25, 0.3) is 0 Å². The van der Waals surface area contributed by atoms with Gasteiger partial charge in [-0.1, -0.05) is 12.8 Å². The number of rotatable bonds is 1. The van der Waals surface area contributed by atoms with Crippen molar-refractivity contribution in [3.05, 3.63) is 0 Å². The lowest BCUT2D eigenvalue weighted by Crippen LogP contribution is -2.42. The molecule has 0 aromatic carbocycles. The largest absolute Gasteiger partial charge is 0.301 e. The molecule has 0 N–H and O–H groups in total. The van der Waals surface area contributed by atoms with Gasteiger partial charge < -0.3 is 4.90 Å². The highest BCUT2D eigenvalue weighted by atomic mass is 15.2. The molecule has 0 aromatic heterocycles. The number of fused-ring (bicyclic) bond motifs is 1. The first-order chi connectivity index (χ1) is 5.77. The molecular formula is C11H21N. The van der Waals surface area contributed by atoms with Gasteiger partial charge in [-0.25, -0.2) is 0 Å². The maximum absolute atomic E-state index is 2.66. The number of piperidine rings is 1. The van der Waals surface area contributed by atoms with Crippen molar-refractivity contribution < 1.29 is 0 Å². The predicted octanol–water partition coefficient (Wildman–Crippen LogP) is 2.52. The number of hydrogen-bond acceptors (Lipinski definition) is 1. The average Bonchev–Trinajstić information content (AvgIpc) is 2.49. The van der Waals surface area contributed by atoms with Crippen LogP contribution in [0.15, 0.2) is 0 Å². The van der Waals surface area contributed by atoms with Crippen molar-refractivity contribution in [3.63, 3.8) is 0 Å². The van der Waals surface area contributed by atoms with Crippen LogP contribution in [0.5, 0.6) is 0 Å². The molecule has 1 aliphatic heterocycles. The molecule has 1 heteroatoms. The maximum atomic E-state index is 2.66. The standard InChI is InChI=1S/C11H21N/c1-9(2)12-7-6-10-4-3-5-11(10)8-12/h9-11H,3-8H2,1-2H3/t10-,11-/m1/s1. The molecule has 12 heavy (non-hydrogen) atoms. The van der Waals surface area contributed by atoms with Gasteiger partial charge in [-0.2, -0.15) is 0 Å². The summed E-state index contributed by atoms with van der Waals surface area (Å²) < 4.78 is 0. The van der Waals surface area contributed by atoms with Crippen LogP contribution >= 0.6 is 0 Å². The molecule has 1 nitrogen and oxygen atoms in total. The second-order valence-corrected chi connectivity index (χ2v) is 4.83. The Balaban J connectivity index is 1.92. The molecule has 0 bridgehead atoms. The smallest absolute Gasteiger partial charge is 0.00387 e. The van der Waals surface area contributed by atoms with Crippen molar-refractivity contribution in [3.8, 4) is 0 Å². The molecule has 2 aliphatic rings. The molecule has 0 spiro atoms. The van der Waals surface area contributed by atoms with Crippen LogP contribution in [0, 0.1) is 11.8 Å². The van der Waals surface area contributed by atoms with E-state index in [9.17, 15) is 0 Å². The molecule has 70 valence electrons. The Morgan fingerprint density at radius 1 is 1.08 bits per heavy atom. The second kappa shape index (κ2) is 3.37. The van der Waals surface area contributed by atoms with Gasteiger partial charge >= 0.3 is 0 Å². The maximum Gasteiger partial charge on any atom is 0.00387 e. The van der Waals surface area contributed by atoms with Gasteiger partial charge in [-0.3, -0.25) is 0 Å². The summed E-state index contributed by atoms with van der Waals surface area (Å²) >= 11 is 0. The van der Waals surface area contributed by atoms with E-state index >= 15 is 0 Å². The first kappa shape index (κ1) is 8.55. The van der Waals surface area contributed by atoms with Crippen LogP contribution in [0.4, 0.5) is 0 Å². The molecule has 0 aromatic rings. The molecule has 0 radical (unpaired) electrons. The van der Waals surface area contributed by atoms with E-state index in [1.165, 1.54) is 38.8 Å². The highest BCUT2D eigenvalue weighted by Gasteiger charge is 2.33. The van der Waals surface area contributed by atoms with Crippen LogP contribution in [-0.4, -0.2) is 24.0 Å². The lowest BCUT2D eigenvalue weighted by atomic mass is 9.88. The quantitative estimate of drug-likeness (QED) is 0.580. The van der Waals surface area contributed by atoms with Crippen molar-refractivity contribution in [2.24, 2.45) is 11.8 Å². The monoisotopic (exact) mass is 167 g/mol. The van der Waals surface area contributed by atoms with E-state index in [-0.39, 0.29) is 0 Å². The van der Waals surface area contributed by atoms with Crippen molar-refractivity contribution in [2.45, 2.75) is 45.6 Å². The normalized spacial score (nSPS) is 37.2. The van der Waals surface area contributed by atoms with Crippen molar-refractivity contribution >= 4 is 0 Å². The second-order valence-electron chi connectivity index (χ2n) is 4.83. The van der Waals surface area contributed by atoms with Crippen molar-refractivity contribution in [1.29, 1.82) is 0 Å². The van der Waals surface area contributed by atoms with Crippen LogP contribution in [0.3, 0.4) is 0 Å². The summed E-state index contributed by atoms with van der Waals surface area (Å²) in [6.07, 6.45) is 6.01. The Labute approximate surface area is 76.1 Å². The Morgan fingerprint density at radius 2 is 1.83 bits per heavy atom. The van der Waals surface area contributed by atoms with Gasteiger partial charge in [0.15, 0.2) is 0 Å². The fourth-order valence-corrected chi connectivity index (χ4v) is 2.93. The van der Waals surface area contributed by atoms with Gasteiger partial charge in [-0.15, -0.1) is 0 Å². The molecule has 1 heterocycles. The molecule has 2 rings (SSSR count). The van der Waals surface area contributed by atoms with Crippen LogP contribution in [0.2, 0.25) is 0 Å². The first-order valence-corrected chi connectivity index (χ1v) is 5.51. The summed E-state index contributed by atoms with van der Waals surface area (Å²) in [6.45, 7) is 7.41. The minimum Gasteiger partial charge on any atom is -0.301 e. The summed E-state index contributed by atoms with van der Waals surface area (Å²) in [5, 5.41) is 0. The SMILES string of the molecule is CC(C)N1CC[C@H]2CCC[C@@H]2C1. The Morgan fingerprint density at radius 3 is 2.58 bits per heavy atom. The molecular weight excluding hydrogens is 146 g/mol. The third-order valence-electron chi connectivity index (χ3n) is 3.80. The highest BCUT2D eigenvalue weighted by molar-refractivity contribution is 4.85. The molecule has 2 fully saturated rings. The first-order valence-electron chi connectivity index (χ1n) is 5.51. The van der Waals surface area contributed by atoms with Gasteiger partial charge in [0.1, 0.15) is 0 Å². The van der Waals surface area contributed by atoms with Crippen LogP contribution in [-0.2, 0) is 0 Å².